The van der Waals surface area contributed by atoms with E-state index in [1.165, 1.54) is 11.9 Å². The zero-order valence-corrected chi connectivity index (χ0v) is 14.4. The molecule has 6 nitrogen and oxygen atoms in total. The summed E-state index contributed by atoms with van der Waals surface area (Å²) in [6, 6.07) is 12.1. The number of ether oxygens (including phenoxy) is 2. The van der Waals surface area contributed by atoms with Crippen LogP contribution in [0.1, 0.15) is 30.5 Å². The SMILES string of the molecule is COc1ccc(OC)c(C2CC(c3ccccc3O)=NN2C(C)=O)c1. The molecular formula is C19H20N2O4. The lowest BCUT2D eigenvalue weighted by molar-refractivity contribution is -0.130. The molecule has 3 rings (SSSR count). The van der Waals surface area contributed by atoms with E-state index in [-0.39, 0.29) is 17.7 Å². The van der Waals surface area contributed by atoms with Crippen molar-refractivity contribution in [3.8, 4) is 17.2 Å². The topological polar surface area (TPSA) is 71.4 Å². The van der Waals surface area contributed by atoms with Crippen molar-refractivity contribution in [2.45, 2.75) is 19.4 Å². The Labute approximate surface area is 146 Å². The van der Waals surface area contributed by atoms with Crippen molar-refractivity contribution < 1.29 is 19.4 Å². The molecule has 1 atom stereocenters. The molecule has 1 amide bonds. The Morgan fingerprint density at radius 3 is 2.60 bits per heavy atom. The van der Waals surface area contributed by atoms with Crippen molar-refractivity contribution in [3.05, 3.63) is 53.6 Å². The molecule has 25 heavy (non-hydrogen) atoms. The van der Waals surface area contributed by atoms with Gasteiger partial charge in [0, 0.05) is 24.5 Å². The van der Waals surface area contributed by atoms with Gasteiger partial charge in [0.1, 0.15) is 17.2 Å². The second kappa shape index (κ2) is 6.84. The predicted molar refractivity (Wildman–Crippen MR) is 94.1 cm³/mol. The minimum Gasteiger partial charge on any atom is -0.507 e. The van der Waals surface area contributed by atoms with Crippen molar-refractivity contribution in [2.75, 3.05) is 14.2 Å². The maximum absolute atomic E-state index is 12.1. The molecule has 0 bridgehead atoms. The summed E-state index contributed by atoms with van der Waals surface area (Å²) in [5.74, 6) is 1.30. The molecule has 2 aromatic carbocycles. The Kier molecular flexibility index (Phi) is 4.61. The molecular weight excluding hydrogens is 320 g/mol. The number of carbonyl (C=O) groups excluding carboxylic acids is 1. The standard InChI is InChI=1S/C19H20N2O4/c1-12(22)21-17(15-10-13(24-2)8-9-19(15)25-3)11-16(20-21)14-6-4-5-7-18(14)23/h4-10,17,23H,11H2,1-3H3. The minimum absolute atomic E-state index is 0.142. The van der Waals surface area contributed by atoms with Crippen LogP contribution in [0, 0.1) is 0 Å². The molecule has 0 radical (unpaired) electrons. The second-order valence-corrected chi connectivity index (χ2v) is 5.76. The second-order valence-electron chi connectivity index (χ2n) is 5.76. The highest BCUT2D eigenvalue weighted by Crippen LogP contribution is 2.40. The van der Waals surface area contributed by atoms with Crippen LogP contribution in [-0.2, 0) is 4.79 Å². The zero-order valence-electron chi connectivity index (χ0n) is 14.4. The normalized spacial score (nSPS) is 16.5. The highest BCUT2D eigenvalue weighted by molar-refractivity contribution is 6.05. The maximum atomic E-state index is 12.1. The number of methoxy groups -OCH3 is 2. The van der Waals surface area contributed by atoms with E-state index in [0.717, 1.165) is 5.56 Å². The van der Waals surface area contributed by atoms with E-state index in [1.54, 1.807) is 38.5 Å². The van der Waals surface area contributed by atoms with Crippen LogP contribution in [-0.4, -0.2) is 36.0 Å². The summed E-state index contributed by atoms with van der Waals surface area (Å²) >= 11 is 0. The number of hydrazone groups is 1. The molecule has 0 aromatic heterocycles. The van der Waals surface area contributed by atoms with Crippen LogP contribution in [0.2, 0.25) is 0 Å². The predicted octanol–water partition coefficient (Wildman–Crippen LogP) is 3.11. The summed E-state index contributed by atoms with van der Waals surface area (Å²) in [6.45, 7) is 1.47. The number of carbonyl (C=O) groups is 1. The lowest BCUT2D eigenvalue weighted by Gasteiger charge is -2.22. The van der Waals surface area contributed by atoms with Gasteiger partial charge < -0.3 is 14.6 Å². The van der Waals surface area contributed by atoms with Gasteiger partial charge in [-0.1, -0.05) is 12.1 Å². The van der Waals surface area contributed by atoms with E-state index < -0.39 is 0 Å². The first kappa shape index (κ1) is 16.8. The van der Waals surface area contributed by atoms with E-state index in [2.05, 4.69) is 5.10 Å². The van der Waals surface area contributed by atoms with E-state index in [4.69, 9.17) is 9.47 Å². The van der Waals surface area contributed by atoms with Crippen LogP contribution >= 0.6 is 0 Å². The van der Waals surface area contributed by atoms with Crippen LogP contribution in [0.25, 0.3) is 0 Å². The fourth-order valence-corrected chi connectivity index (χ4v) is 3.02. The number of aromatic hydroxyl groups is 1. The third kappa shape index (κ3) is 3.15. The Morgan fingerprint density at radius 2 is 1.96 bits per heavy atom. The Balaban J connectivity index is 2.04. The van der Waals surface area contributed by atoms with Gasteiger partial charge in [-0.3, -0.25) is 4.79 Å². The van der Waals surface area contributed by atoms with E-state index in [9.17, 15) is 9.90 Å². The third-order valence-electron chi connectivity index (χ3n) is 4.24. The highest BCUT2D eigenvalue weighted by Gasteiger charge is 2.34. The smallest absolute Gasteiger partial charge is 0.240 e. The Bertz CT molecular complexity index is 832. The molecule has 1 heterocycles. The maximum Gasteiger partial charge on any atom is 0.240 e. The number of phenols is 1. The van der Waals surface area contributed by atoms with Gasteiger partial charge in [-0.05, 0) is 30.3 Å². The average molecular weight is 340 g/mol. The van der Waals surface area contributed by atoms with Gasteiger partial charge in [-0.2, -0.15) is 5.10 Å². The summed E-state index contributed by atoms with van der Waals surface area (Å²) < 4.78 is 10.8. The lowest BCUT2D eigenvalue weighted by Crippen LogP contribution is -2.24. The van der Waals surface area contributed by atoms with Crippen LogP contribution in [0.3, 0.4) is 0 Å². The third-order valence-corrected chi connectivity index (χ3v) is 4.24. The minimum atomic E-state index is -0.322. The van der Waals surface area contributed by atoms with Crippen molar-refractivity contribution in [3.63, 3.8) is 0 Å². The first-order valence-corrected chi connectivity index (χ1v) is 7.92. The number of phenolic OH excluding ortho intramolecular Hbond substituents is 1. The van der Waals surface area contributed by atoms with Gasteiger partial charge in [0.05, 0.1) is 26.0 Å². The van der Waals surface area contributed by atoms with Crippen molar-refractivity contribution >= 4 is 11.6 Å². The summed E-state index contributed by atoms with van der Waals surface area (Å²) in [5, 5.41) is 16.0. The molecule has 0 fully saturated rings. The van der Waals surface area contributed by atoms with Crippen LogP contribution < -0.4 is 9.47 Å². The largest absolute Gasteiger partial charge is 0.507 e. The molecule has 1 unspecified atom stereocenters. The fraction of sp³-hybridized carbons (Fsp3) is 0.263. The van der Waals surface area contributed by atoms with E-state index >= 15 is 0 Å². The van der Waals surface area contributed by atoms with Gasteiger partial charge in [-0.15, -0.1) is 0 Å². The highest BCUT2D eigenvalue weighted by atomic mass is 16.5. The van der Waals surface area contributed by atoms with Crippen molar-refractivity contribution in [1.82, 2.24) is 5.01 Å². The van der Waals surface area contributed by atoms with Crippen LogP contribution in [0.15, 0.2) is 47.6 Å². The molecule has 130 valence electrons. The summed E-state index contributed by atoms with van der Waals surface area (Å²) in [7, 11) is 3.18. The molecule has 1 aliphatic heterocycles. The number of hydrogen-bond acceptors (Lipinski definition) is 5. The van der Waals surface area contributed by atoms with Gasteiger partial charge in [0.15, 0.2) is 0 Å². The molecule has 0 saturated heterocycles. The summed E-state index contributed by atoms with van der Waals surface area (Å²) in [6.07, 6.45) is 0.473. The Hall–Kier alpha value is -3.02. The van der Waals surface area contributed by atoms with Crippen LogP contribution in [0.5, 0.6) is 17.2 Å². The quantitative estimate of drug-likeness (QED) is 0.928. The van der Waals surface area contributed by atoms with Crippen LogP contribution in [0.4, 0.5) is 0 Å². The number of nitrogens with zero attached hydrogens (tertiary/aromatic N) is 2. The van der Waals surface area contributed by atoms with E-state index in [1.807, 2.05) is 18.2 Å². The number of para-hydroxylation sites is 1. The summed E-state index contributed by atoms with van der Waals surface area (Å²) in [5.41, 5.74) is 2.09. The number of amides is 1. The van der Waals surface area contributed by atoms with E-state index in [0.29, 0.717) is 29.2 Å². The van der Waals surface area contributed by atoms with Gasteiger partial charge in [0.25, 0.3) is 0 Å². The first-order valence-electron chi connectivity index (χ1n) is 7.92. The molecule has 0 saturated carbocycles. The summed E-state index contributed by atoms with van der Waals surface area (Å²) in [4.78, 5) is 12.1. The molecule has 2 aromatic rings. The average Bonchev–Trinajstić information content (AvgIpc) is 3.06. The molecule has 0 spiro atoms. The molecule has 0 aliphatic carbocycles. The van der Waals surface area contributed by atoms with Crippen molar-refractivity contribution in [1.29, 1.82) is 0 Å². The monoisotopic (exact) mass is 340 g/mol. The zero-order chi connectivity index (χ0) is 18.0. The number of benzene rings is 2. The Morgan fingerprint density at radius 1 is 1.20 bits per heavy atom. The fourth-order valence-electron chi connectivity index (χ4n) is 3.02. The molecule has 1 aliphatic rings. The molecule has 6 heteroatoms. The number of hydrogen-bond donors (Lipinski definition) is 1. The number of rotatable bonds is 4. The van der Waals surface area contributed by atoms with Gasteiger partial charge >= 0.3 is 0 Å². The first-order chi connectivity index (χ1) is 12.0. The van der Waals surface area contributed by atoms with Gasteiger partial charge in [0.2, 0.25) is 5.91 Å². The van der Waals surface area contributed by atoms with Crippen molar-refractivity contribution in [2.24, 2.45) is 5.10 Å². The lowest BCUT2D eigenvalue weighted by atomic mass is 9.97. The van der Waals surface area contributed by atoms with Gasteiger partial charge in [-0.25, -0.2) is 5.01 Å². The molecule has 1 N–H and O–H groups in total.